The number of hydrogen-bond donors (Lipinski definition) is 3. The van der Waals surface area contributed by atoms with Crippen molar-refractivity contribution in [2.45, 2.75) is 102 Å². The molecule has 2 saturated heterocycles. The van der Waals surface area contributed by atoms with E-state index >= 15 is 0 Å². The van der Waals surface area contributed by atoms with Gasteiger partial charge in [-0.05, 0) is 53.6 Å². The number of esters is 1. The van der Waals surface area contributed by atoms with Crippen LogP contribution < -0.4 is 16.0 Å². The summed E-state index contributed by atoms with van der Waals surface area (Å²) in [5, 5.41) is 10.7. The van der Waals surface area contributed by atoms with Gasteiger partial charge in [0, 0.05) is 45.2 Å². The summed E-state index contributed by atoms with van der Waals surface area (Å²) in [4.78, 5) is 51.9. The Hall–Kier alpha value is -5.46. The quantitative estimate of drug-likeness (QED) is 0.0870. The van der Waals surface area contributed by atoms with Crippen LogP contribution in [0.4, 0.5) is 9.59 Å². The van der Waals surface area contributed by atoms with Gasteiger partial charge in [-0.2, -0.15) is 0 Å². The van der Waals surface area contributed by atoms with Crippen LogP contribution in [0.5, 0.6) is 0 Å². The second-order valence-corrected chi connectivity index (χ2v) is 14.3. The van der Waals surface area contributed by atoms with Crippen LogP contribution in [0.25, 0.3) is 10.8 Å². The molecule has 4 aromatic carbocycles. The molecule has 2 heterocycles. The lowest BCUT2D eigenvalue weighted by atomic mass is 9.90. The molecule has 1 spiro atoms. The Bertz CT molecular complexity index is 1900. The van der Waals surface area contributed by atoms with Crippen molar-refractivity contribution in [1.82, 2.24) is 16.0 Å². The van der Waals surface area contributed by atoms with Crippen molar-refractivity contribution < 1.29 is 42.9 Å². The summed E-state index contributed by atoms with van der Waals surface area (Å²) in [6, 6.07) is 32.1. The lowest BCUT2D eigenvalue weighted by Gasteiger charge is -2.47. The number of nitrogens with one attached hydrogen (secondary N) is 3. The molecule has 0 aromatic heterocycles. The first-order valence-electron chi connectivity index (χ1n) is 19.5. The first-order valence-corrected chi connectivity index (χ1v) is 19.5. The molecule has 2 fully saturated rings. The summed E-state index contributed by atoms with van der Waals surface area (Å²) in [6.45, 7) is 2.56. The minimum atomic E-state index is -1.12. The summed E-state index contributed by atoms with van der Waals surface area (Å²) < 4.78 is 30.0. The smallest absolute Gasteiger partial charge is 0.407 e. The minimum Gasteiger partial charge on any atom is -0.464 e. The molecule has 3 N–H and O–H groups in total. The van der Waals surface area contributed by atoms with E-state index in [0.717, 1.165) is 33.9 Å². The van der Waals surface area contributed by atoms with Crippen LogP contribution >= 0.6 is 0 Å². The Kier molecular flexibility index (Phi) is 14.3. The molecule has 0 unspecified atom stereocenters. The number of alkyl carbamates (subject to hydrolysis) is 2. The van der Waals surface area contributed by atoms with Gasteiger partial charge in [0.1, 0.15) is 18.8 Å². The molecular weight excluding hydrogens is 714 g/mol. The third-order valence-electron chi connectivity index (χ3n) is 10.1. The van der Waals surface area contributed by atoms with E-state index < -0.39 is 48.3 Å². The van der Waals surface area contributed by atoms with Crippen molar-refractivity contribution in [2.24, 2.45) is 0 Å². The van der Waals surface area contributed by atoms with Crippen LogP contribution in [0.3, 0.4) is 0 Å². The van der Waals surface area contributed by atoms with Gasteiger partial charge in [0.05, 0.1) is 18.8 Å². The zero-order chi connectivity index (χ0) is 39.2. The third kappa shape index (κ3) is 11.8. The van der Waals surface area contributed by atoms with Gasteiger partial charge in [0.2, 0.25) is 5.91 Å². The van der Waals surface area contributed by atoms with Gasteiger partial charge in [-0.25, -0.2) is 14.4 Å². The van der Waals surface area contributed by atoms with Gasteiger partial charge in [0.15, 0.2) is 5.79 Å². The van der Waals surface area contributed by atoms with Gasteiger partial charge in [-0.15, -0.1) is 0 Å². The zero-order valence-electron chi connectivity index (χ0n) is 31.8. The van der Waals surface area contributed by atoms with E-state index in [0.29, 0.717) is 38.6 Å². The Balaban J connectivity index is 1.09. The first kappa shape index (κ1) is 40.2. The van der Waals surface area contributed by atoms with Crippen molar-refractivity contribution in [3.8, 4) is 0 Å². The fourth-order valence-corrected chi connectivity index (χ4v) is 7.41. The van der Waals surface area contributed by atoms with E-state index in [-0.39, 0.29) is 38.5 Å². The van der Waals surface area contributed by atoms with Crippen molar-refractivity contribution in [3.05, 3.63) is 120 Å². The zero-order valence-corrected chi connectivity index (χ0v) is 31.8. The van der Waals surface area contributed by atoms with Crippen LogP contribution in [-0.4, -0.2) is 67.4 Å². The van der Waals surface area contributed by atoms with Crippen LogP contribution in [0, 0.1) is 0 Å². The van der Waals surface area contributed by atoms with E-state index in [1.54, 1.807) is 6.92 Å². The van der Waals surface area contributed by atoms with E-state index in [9.17, 15) is 19.2 Å². The number of ether oxygens (including phenoxy) is 5. The molecular formula is C44H51N3O9. The van der Waals surface area contributed by atoms with Gasteiger partial charge < -0.3 is 39.6 Å². The van der Waals surface area contributed by atoms with Crippen LogP contribution in [0.2, 0.25) is 0 Å². The van der Waals surface area contributed by atoms with E-state index in [1.165, 1.54) is 0 Å². The summed E-state index contributed by atoms with van der Waals surface area (Å²) in [5.74, 6) is -1.95. The molecule has 5 atom stereocenters. The van der Waals surface area contributed by atoms with Crippen molar-refractivity contribution in [2.75, 3.05) is 13.2 Å². The lowest BCUT2D eigenvalue weighted by Crippen LogP contribution is -2.54. The highest BCUT2D eigenvalue weighted by atomic mass is 16.7. The number of rotatable bonds is 15. The Labute approximate surface area is 327 Å². The number of fused-ring (bicyclic) bond motifs is 1. The number of carbonyl (C=O) groups is 4. The lowest BCUT2D eigenvalue weighted by molar-refractivity contribution is -0.329. The average Bonchev–Trinajstić information content (AvgIpc) is 3.21. The predicted molar refractivity (Wildman–Crippen MR) is 209 cm³/mol. The van der Waals surface area contributed by atoms with Gasteiger partial charge in [0.25, 0.3) is 0 Å². The fraction of sp³-hybridized carbons (Fsp3) is 0.409. The highest BCUT2D eigenvalue weighted by Gasteiger charge is 2.47. The monoisotopic (exact) mass is 765 g/mol. The maximum absolute atomic E-state index is 13.3. The van der Waals surface area contributed by atoms with Gasteiger partial charge in [-0.1, -0.05) is 103 Å². The van der Waals surface area contributed by atoms with Crippen molar-refractivity contribution >= 4 is 34.8 Å². The predicted octanol–water partition coefficient (Wildman–Crippen LogP) is 6.88. The normalized spacial score (nSPS) is 21.1. The maximum atomic E-state index is 13.3. The molecule has 3 amide bonds. The summed E-state index contributed by atoms with van der Waals surface area (Å²) >= 11 is 0. The molecule has 296 valence electrons. The van der Waals surface area contributed by atoms with Gasteiger partial charge >= 0.3 is 18.2 Å². The molecule has 2 aliphatic rings. The Morgan fingerprint density at radius 2 is 1.48 bits per heavy atom. The van der Waals surface area contributed by atoms with Crippen molar-refractivity contribution in [3.63, 3.8) is 0 Å². The Morgan fingerprint density at radius 3 is 2.27 bits per heavy atom. The molecule has 0 saturated carbocycles. The maximum Gasteiger partial charge on any atom is 0.407 e. The van der Waals surface area contributed by atoms with E-state index in [1.807, 2.05) is 103 Å². The largest absolute Gasteiger partial charge is 0.464 e. The molecule has 6 rings (SSSR count). The fourth-order valence-electron chi connectivity index (χ4n) is 7.41. The summed E-state index contributed by atoms with van der Waals surface area (Å²) in [6.07, 6.45) is 0.512. The Morgan fingerprint density at radius 1 is 0.786 bits per heavy atom. The number of hydrogen-bond acceptors (Lipinski definition) is 9. The van der Waals surface area contributed by atoms with Crippen LogP contribution in [0.15, 0.2) is 103 Å². The van der Waals surface area contributed by atoms with Crippen LogP contribution in [-0.2, 0) is 52.8 Å². The van der Waals surface area contributed by atoms with E-state index in [2.05, 4.69) is 16.0 Å². The molecule has 2 aliphatic heterocycles. The number of amides is 3. The molecule has 56 heavy (non-hydrogen) atoms. The summed E-state index contributed by atoms with van der Waals surface area (Å²) in [5.41, 5.74) is 2.81. The first-order chi connectivity index (χ1) is 27.3. The topological polar surface area (TPSA) is 151 Å². The van der Waals surface area contributed by atoms with E-state index in [4.69, 9.17) is 23.7 Å². The van der Waals surface area contributed by atoms with Gasteiger partial charge in [-0.3, -0.25) is 4.79 Å². The third-order valence-corrected chi connectivity index (χ3v) is 10.1. The minimum absolute atomic E-state index is 0.0203. The molecule has 0 radical (unpaired) electrons. The second kappa shape index (κ2) is 19.9. The SMILES string of the molecule is CCOC(=O)[C@H](Cc1ccccc1)NC(=O)CC[C@@H]1C[C@@H](OC(=O)NCc2cccc3ccccc23)C[C@@]2(CCC[C@H](COC(=O)NCc3ccccc3)O2)O1. The highest BCUT2D eigenvalue weighted by Crippen LogP contribution is 2.41. The highest BCUT2D eigenvalue weighted by molar-refractivity contribution is 5.86. The summed E-state index contributed by atoms with van der Waals surface area (Å²) in [7, 11) is 0. The molecule has 0 aliphatic carbocycles. The second-order valence-electron chi connectivity index (χ2n) is 14.3. The number of benzene rings is 4. The number of carbonyl (C=O) groups excluding carboxylic acids is 4. The standard InChI is InChI=1S/C44H51N3O9/c1-2-52-41(49)39(25-31-13-5-3-6-14-31)47-40(48)23-22-35-26-37(54-43(51)46-29-34-19-11-18-33-17-9-10-21-38(33)34)27-44(55-35)24-12-20-36(56-44)30-53-42(50)45-28-32-15-7-4-8-16-32/h3-11,13-19,21,35-37,39H,2,12,20,22-30H2,1H3,(H,45,50)(H,46,51)(H,47,48)/t35-,36-,37-,39+,44+/m1/s1. The van der Waals surface area contributed by atoms with Crippen LogP contribution in [0.1, 0.15) is 68.6 Å². The molecule has 0 bridgehead atoms. The molecule has 12 nitrogen and oxygen atoms in total. The molecule has 4 aromatic rings. The molecule has 12 heteroatoms. The average molecular weight is 766 g/mol. The van der Waals surface area contributed by atoms with Crippen molar-refractivity contribution in [1.29, 1.82) is 0 Å².